The van der Waals surface area contributed by atoms with Crippen molar-refractivity contribution in [3.05, 3.63) is 71.3 Å². The number of ketones is 1. The largest absolute Gasteiger partial charge is 1.00 e. The van der Waals surface area contributed by atoms with Crippen molar-refractivity contribution in [2.75, 3.05) is 0 Å². The smallest absolute Gasteiger partial charge is 0.872 e. The molecule has 4 nitrogen and oxygen atoms in total. The Bertz CT molecular complexity index is 692. The maximum Gasteiger partial charge on any atom is 1.00 e. The van der Waals surface area contributed by atoms with Gasteiger partial charge in [0.25, 0.3) is 0 Å². The minimum atomic E-state index is -1.16. The number of para-hydroxylation sites is 1. The monoisotopic (exact) mass is 290 g/mol. The Labute approximate surface area is 144 Å². The zero-order valence-electron chi connectivity index (χ0n) is 11.4. The van der Waals surface area contributed by atoms with Crippen LogP contribution in [-0.4, -0.2) is 16.9 Å². The van der Waals surface area contributed by atoms with Crippen LogP contribution in [0.4, 0.5) is 0 Å². The van der Waals surface area contributed by atoms with Crippen LogP contribution in [0.1, 0.15) is 26.3 Å². The normalized spacial score (nSPS) is 10.1. The summed E-state index contributed by atoms with van der Waals surface area (Å²) in [5.41, 5.74) is 0.422. The number of carboxylic acids is 1. The van der Waals surface area contributed by atoms with E-state index in [4.69, 9.17) is 5.11 Å². The Hall–Kier alpha value is -1.88. The summed E-state index contributed by atoms with van der Waals surface area (Å²) in [4.78, 5) is 23.0. The predicted octanol–water partition coefficient (Wildman–Crippen LogP) is -0.642. The van der Waals surface area contributed by atoms with Crippen molar-refractivity contribution in [2.24, 2.45) is 0 Å². The number of aromatic carboxylic acids is 1. The summed E-state index contributed by atoms with van der Waals surface area (Å²) >= 11 is 0. The van der Waals surface area contributed by atoms with E-state index in [-0.39, 0.29) is 46.4 Å². The third-order valence-electron chi connectivity index (χ3n) is 2.76. The quantitative estimate of drug-likeness (QED) is 0.461. The number of carbonyl (C=O) groups is 2. The zero-order chi connectivity index (χ0) is 14.5. The van der Waals surface area contributed by atoms with Gasteiger partial charge in [0, 0.05) is 5.56 Å². The number of rotatable bonds is 4. The van der Waals surface area contributed by atoms with Crippen LogP contribution in [0.3, 0.4) is 0 Å². The van der Waals surface area contributed by atoms with Gasteiger partial charge in [-0.1, -0.05) is 48.5 Å². The standard InChI is InChI=1S/C16H12O4.Na/c17-14-8-4-1-5-11(14)9-10-15(18)12-6-2-3-7-13(12)16(19)20;/h1-10,17H,(H,19,20);/q;+1/p-1/b10-9+;. The van der Waals surface area contributed by atoms with E-state index in [0.29, 0.717) is 5.56 Å². The molecule has 0 heterocycles. The van der Waals surface area contributed by atoms with E-state index < -0.39 is 11.8 Å². The van der Waals surface area contributed by atoms with Gasteiger partial charge in [-0.05, 0) is 17.7 Å². The molecule has 0 aliphatic rings. The molecule has 21 heavy (non-hydrogen) atoms. The van der Waals surface area contributed by atoms with E-state index in [0.717, 1.165) is 0 Å². The van der Waals surface area contributed by atoms with E-state index in [9.17, 15) is 14.7 Å². The molecule has 2 aromatic carbocycles. The fourth-order valence-corrected chi connectivity index (χ4v) is 1.76. The minimum absolute atomic E-state index is 0. The second-order valence-electron chi connectivity index (χ2n) is 4.09. The summed E-state index contributed by atoms with van der Waals surface area (Å²) in [6.45, 7) is 0. The first-order valence-corrected chi connectivity index (χ1v) is 5.90. The molecule has 0 unspecified atom stereocenters. The number of benzene rings is 2. The van der Waals surface area contributed by atoms with Gasteiger partial charge in [-0.3, -0.25) is 4.79 Å². The molecule has 1 N–H and O–H groups in total. The van der Waals surface area contributed by atoms with E-state index in [1.165, 1.54) is 30.4 Å². The van der Waals surface area contributed by atoms with Gasteiger partial charge in [-0.2, -0.15) is 0 Å². The van der Waals surface area contributed by atoms with Gasteiger partial charge in [-0.25, -0.2) is 4.79 Å². The molecular formula is C16H11NaO4. The maximum absolute atomic E-state index is 12.0. The van der Waals surface area contributed by atoms with Crippen LogP contribution in [0.15, 0.2) is 54.6 Å². The fourth-order valence-electron chi connectivity index (χ4n) is 1.76. The average Bonchev–Trinajstić information content (AvgIpc) is 2.46. The summed E-state index contributed by atoms with van der Waals surface area (Å²) in [5.74, 6) is -1.80. The molecule has 2 rings (SSSR count). The average molecular weight is 290 g/mol. The van der Waals surface area contributed by atoms with Crippen LogP contribution >= 0.6 is 0 Å². The molecule has 0 aromatic heterocycles. The van der Waals surface area contributed by atoms with Gasteiger partial charge >= 0.3 is 35.5 Å². The first-order valence-electron chi connectivity index (χ1n) is 5.90. The molecule has 0 bridgehead atoms. The molecule has 0 aliphatic carbocycles. The second-order valence-corrected chi connectivity index (χ2v) is 4.09. The third-order valence-corrected chi connectivity index (χ3v) is 2.76. The summed E-state index contributed by atoms with van der Waals surface area (Å²) in [7, 11) is 0. The number of hydrogen-bond donors (Lipinski definition) is 1. The van der Waals surface area contributed by atoms with Crippen LogP contribution in [0, 0.1) is 0 Å². The topological polar surface area (TPSA) is 77.4 Å². The molecule has 0 saturated heterocycles. The molecule has 0 spiro atoms. The molecule has 5 heteroatoms. The van der Waals surface area contributed by atoms with E-state index in [1.54, 1.807) is 30.3 Å². The zero-order valence-corrected chi connectivity index (χ0v) is 13.4. The number of allylic oxidation sites excluding steroid dienone is 1. The number of carboxylic acid groups (broad SMARTS) is 1. The Kier molecular flexibility index (Phi) is 6.37. The van der Waals surface area contributed by atoms with E-state index >= 15 is 0 Å². The van der Waals surface area contributed by atoms with Crippen LogP contribution < -0.4 is 34.7 Å². The maximum atomic E-state index is 12.0. The SMILES string of the molecule is O=C(O)c1ccccc1C(=O)/C=C/c1ccccc1[O-].[Na+]. The first-order chi connectivity index (χ1) is 9.59. The van der Waals surface area contributed by atoms with Crippen molar-refractivity contribution in [2.45, 2.75) is 0 Å². The third kappa shape index (κ3) is 4.29. The second kappa shape index (κ2) is 7.78. The van der Waals surface area contributed by atoms with Crippen LogP contribution in [-0.2, 0) is 0 Å². The molecule has 0 fully saturated rings. The van der Waals surface area contributed by atoms with Crippen molar-refractivity contribution in [1.82, 2.24) is 0 Å². The summed E-state index contributed by atoms with van der Waals surface area (Å²) in [6.07, 6.45) is 2.60. The van der Waals surface area contributed by atoms with E-state index in [2.05, 4.69) is 0 Å². The van der Waals surface area contributed by atoms with Crippen LogP contribution in [0.2, 0.25) is 0 Å². The Morgan fingerprint density at radius 2 is 1.52 bits per heavy atom. The molecular weight excluding hydrogens is 279 g/mol. The minimum Gasteiger partial charge on any atom is -0.872 e. The number of carbonyl (C=O) groups excluding carboxylic acids is 1. The van der Waals surface area contributed by atoms with Crippen molar-refractivity contribution < 1.29 is 49.4 Å². The summed E-state index contributed by atoms with van der Waals surface area (Å²) in [5, 5.41) is 20.5. The number of hydrogen-bond acceptors (Lipinski definition) is 3. The van der Waals surface area contributed by atoms with Crippen LogP contribution in [0.5, 0.6) is 5.75 Å². The van der Waals surface area contributed by atoms with Crippen molar-refractivity contribution in [3.63, 3.8) is 0 Å². The molecule has 0 radical (unpaired) electrons. The van der Waals surface area contributed by atoms with Crippen LogP contribution in [0.25, 0.3) is 6.08 Å². The van der Waals surface area contributed by atoms with Gasteiger partial charge in [0.05, 0.1) is 5.56 Å². The molecule has 0 saturated carbocycles. The van der Waals surface area contributed by atoms with Crippen molar-refractivity contribution in [3.8, 4) is 5.75 Å². The van der Waals surface area contributed by atoms with Crippen molar-refractivity contribution in [1.29, 1.82) is 0 Å². The molecule has 0 aliphatic heterocycles. The first kappa shape index (κ1) is 17.2. The Morgan fingerprint density at radius 3 is 2.14 bits per heavy atom. The van der Waals surface area contributed by atoms with Gasteiger partial charge in [-0.15, -0.1) is 5.75 Å². The predicted molar refractivity (Wildman–Crippen MR) is 72.7 cm³/mol. The summed E-state index contributed by atoms with van der Waals surface area (Å²) < 4.78 is 0. The fraction of sp³-hybridized carbons (Fsp3) is 0. The molecule has 2 aromatic rings. The van der Waals surface area contributed by atoms with Gasteiger partial charge in [0.2, 0.25) is 0 Å². The van der Waals surface area contributed by atoms with Gasteiger partial charge < -0.3 is 10.2 Å². The Balaban J connectivity index is 0.00000220. The van der Waals surface area contributed by atoms with Crippen molar-refractivity contribution >= 4 is 17.8 Å². The molecule has 0 atom stereocenters. The summed E-state index contributed by atoms with van der Waals surface area (Å²) in [6, 6.07) is 12.2. The Morgan fingerprint density at radius 1 is 0.952 bits per heavy atom. The van der Waals surface area contributed by atoms with Gasteiger partial charge in [0.1, 0.15) is 0 Å². The van der Waals surface area contributed by atoms with E-state index in [1.807, 2.05) is 0 Å². The molecule has 100 valence electrons. The molecule has 0 amide bonds. The van der Waals surface area contributed by atoms with Gasteiger partial charge in [0.15, 0.2) is 5.78 Å².